The first-order valence-corrected chi connectivity index (χ1v) is 9.12. The minimum absolute atomic E-state index is 0.193. The van der Waals surface area contributed by atoms with Crippen molar-refractivity contribution in [2.75, 3.05) is 5.32 Å². The van der Waals surface area contributed by atoms with E-state index in [1.807, 2.05) is 0 Å². The fraction of sp³-hybridized carbons (Fsp3) is 0.188. The molecule has 2 rings (SSSR count). The van der Waals surface area contributed by atoms with Gasteiger partial charge in [-0.15, -0.1) is 0 Å². The molecule has 0 unspecified atom stereocenters. The van der Waals surface area contributed by atoms with E-state index in [2.05, 4.69) is 5.32 Å². The molecule has 0 fully saturated rings. The molecule has 7 heteroatoms. The molecule has 0 bridgehead atoms. The van der Waals surface area contributed by atoms with E-state index in [0.29, 0.717) is 21.3 Å². The van der Waals surface area contributed by atoms with Crippen LogP contribution in [0.5, 0.6) is 0 Å². The number of carbonyl (C=O) groups is 1. The number of halogens is 2. The van der Waals surface area contributed by atoms with Crippen LogP contribution in [-0.4, -0.2) is 19.6 Å². The molecule has 0 aliphatic heterocycles. The first-order valence-electron chi connectivity index (χ1n) is 6.82. The van der Waals surface area contributed by atoms with Crippen LogP contribution >= 0.6 is 23.2 Å². The summed E-state index contributed by atoms with van der Waals surface area (Å²) in [7, 11) is -3.35. The van der Waals surface area contributed by atoms with Crippen molar-refractivity contribution < 1.29 is 13.2 Å². The van der Waals surface area contributed by atoms with E-state index in [-0.39, 0.29) is 10.8 Å². The number of hydrogen-bond acceptors (Lipinski definition) is 3. The highest BCUT2D eigenvalue weighted by atomic mass is 35.5. The SMILES string of the molecule is CC(C)S(=O)(=O)c1ccc(C(=O)Nc2ccc(Cl)c(Cl)c2)cc1. The lowest BCUT2D eigenvalue weighted by molar-refractivity contribution is 0.102. The molecule has 2 aromatic carbocycles. The Morgan fingerprint density at radius 2 is 1.61 bits per heavy atom. The van der Waals surface area contributed by atoms with Crippen LogP contribution in [0, 0.1) is 0 Å². The Balaban J connectivity index is 2.19. The minimum Gasteiger partial charge on any atom is -0.322 e. The predicted molar refractivity (Wildman–Crippen MR) is 93.2 cm³/mol. The zero-order valence-electron chi connectivity index (χ0n) is 12.5. The number of rotatable bonds is 4. The second-order valence-electron chi connectivity index (χ2n) is 5.20. The zero-order chi connectivity index (χ0) is 17.2. The first kappa shape index (κ1) is 17.8. The lowest BCUT2D eigenvalue weighted by atomic mass is 10.2. The van der Waals surface area contributed by atoms with Crippen molar-refractivity contribution >= 4 is 44.6 Å². The summed E-state index contributed by atoms with van der Waals surface area (Å²) in [5.41, 5.74) is 0.849. The van der Waals surface area contributed by atoms with E-state index >= 15 is 0 Å². The Bertz CT molecular complexity index is 831. The number of benzene rings is 2. The van der Waals surface area contributed by atoms with Gasteiger partial charge in [-0.25, -0.2) is 8.42 Å². The van der Waals surface area contributed by atoms with Gasteiger partial charge in [0.25, 0.3) is 5.91 Å². The van der Waals surface area contributed by atoms with Gasteiger partial charge < -0.3 is 5.32 Å². The lowest BCUT2D eigenvalue weighted by Crippen LogP contribution is -2.15. The van der Waals surface area contributed by atoms with Crippen LogP contribution in [0.3, 0.4) is 0 Å². The van der Waals surface area contributed by atoms with E-state index < -0.39 is 15.1 Å². The van der Waals surface area contributed by atoms with Gasteiger partial charge in [-0.2, -0.15) is 0 Å². The van der Waals surface area contributed by atoms with Crippen LogP contribution in [0.2, 0.25) is 10.0 Å². The maximum Gasteiger partial charge on any atom is 0.255 e. The van der Waals surface area contributed by atoms with Gasteiger partial charge in [0.1, 0.15) is 0 Å². The standard InChI is InChI=1S/C16H15Cl2NO3S/c1-10(2)23(21,22)13-6-3-11(4-7-13)16(20)19-12-5-8-14(17)15(18)9-12/h3-10H,1-2H3,(H,19,20). The topological polar surface area (TPSA) is 63.2 Å². The summed E-state index contributed by atoms with van der Waals surface area (Å²) in [4.78, 5) is 12.4. The molecular weight excluding hydrogens is 357 g/mol. The number of nitrogens with one attached hydrogen (secondary N) is 1. The summed E-state index contributed by atoms with van der Waals surface area (Å²) < 4.78 is 24.1. The van der Waals surface area contributed by atoms with Crippen molar-refractivity contribution in [2.24, 2.45) is 0 Å². The van der Waals surface area contributed by atoms with Crippen molar-refractivity contribution in [1.29, 1.82) is 0 Å². The van der Waals surface area contributed by atoms with E-state index in [4.69, 9.17) is 23.2 Å². The molecule has 0 radical (unpaired) electrons. The lowest BCUT2D eigenvalue weighted by Gasteiger charge is -2.09. The van der Waals surface area contributed by atoms with Crippen LogP contribution in [0.4, 0.5) is 5.69 Å². The molecular formula is C16H15Cl2NO3S. The van der Waals surface area contributed by atoms with Gasteiger partial charge in [0.05, 0.1) is 20.2 Å². The monoisotopic (exact) mass is 371 g/mol. The Morgan fingerprint density at radius 1 is 1.00 bits per heavy atom. The van der Waals surface area contributed by atoms with Crippen molar-refractivity contribution in [1.82, 2.24) is 0 Å². The molecule has 122 valence electrons. The third-order valence-electron chi connectivity index (χ3n) is 3.24. The molecule has 0 saturated carbocycles. The number of hydrogen-bond donors (Lipinski definition) is 1. The van der Waals surface area contributed by atoms with Crippen LogP contribution in [0.15, 0.2) is 47.4 Å². The third kappa shape index (κ3) is 4.05. The third-order valence-corrected chi connectivity index (χ3v) is 6.15. The van der Waals surface area contributed by atoms with Crippen molar-refractivity contribution in [3.8, 4) is 0 Å². The molecule has 0 spiro atoms. The molecule has 0 aliphatic carbocycles. The van der Waals surface area contributed by atoms with Crippen LogP contribution in [0.1, 0.15) is 24.2 Å². The van der Waals surface area contributed by atoms with Gasteiger partial charge in [0.2, 0.25) is 0 Å². The molecule has 23 heavy (non-hydrogen) atoms. The summed E-state index contributed by atoms with van der Waals surface area (Å²) >= 11 is 11.7. The van der Waals surface area contributed by atoms with E-state index in [1.165, 1.54) is 24.3 Å². The average molecular weight is 372 g/mol. The van der Waals surface area contributed by atoms with E-state index in [1.54, 1.807) is 32.0 Å². The maximum atomic E-state index is 12.2. The number of carbonyl (C=O) groups excluding carboxylic acids is 1. The number of sulfone groups is 1. The highest BCUT2D eigenvalue weighted by molar-refractivity contribution is 7.92. The molecule has 0 heterocycles. The molecule has 2 aromatic rings. The van der Waals surface area contributed by atoms with Crippen molar-refractivity contribution in [3.05, 3.63) is 58.1 Å². The molecule has 0 aromatic heterocycles. The van der Waals surface area contributed by atoms with E-state index in [0.717, 1.165) is 0 Å². The van der Waals surface area contributed by atoms with E-state index in [9.17, 15) is 13.2 Å². The summed E-state index contributed by atoms with van der Waals surface area (Å²) in [5, 5.41) is 2.89. The molecule has 0 atom stereocenters. The first-order chi connectivity index (χ1) is 10.7. The summed E-state index contributed by atoms with van der Waals surface area (Å²) in [6, 6.07) is 10.6. The van der Waals surface area contributed by atoms with Crippen molar-refractivity contribution in [3.63, 3.8) is 0 Å². The summed E-state index contributed by atoms with van der Waals surface area (Å²) in [5.74, 6) is -0.364. The molecule has 4 nitrogen and oxygen atoms in total. The quantitative estimate of drug-likeness (QED) is 0.864. The largest absolute Gasteiger partial charge is 0.322 e. The normalized spacial score (nSPS) is 11.5. The minimum atomic E-state index is -3.35. The number of amides is 1. The predicted octanol–water partition coefficient (Wildman–Crippen LogP) is 4.43. The van der Waals surface area contributed by atoms with Crippen molar-refractivity contribution in [2.45, 2.75) is 24.0 Å². The summed E-state index contributed by atoms with van der Waals surface area (Å²) in [6.45, 7) is 3.22. The number of anilines is 1. The van der Waals surface area contributed by atoms with Crippen LogP contribution in [0.25, 0.3) is 0 Å². The molecule has 1 amide bonds. The Hall–Kier alpha value is -1.56. The maximum absolute atomic E-state index is 12.2. The van der Waals surface area contributed by atoms with Gasteiger partial charge in [0, 0.05) is 11.3 Å². The zero-order valence-corrected chi connectivity index (χ0v) is 14.8. The second-order valence-corrected chi connectivity index (χ2v) is 8.52. The van der Waals surface area contributed by atoms with Crippen LogP contribution < -0.4 is 5.32 Å². The summed E-state index contributed by atoms with van der Waals surface area (Å²) in [6.07, 6.45) is 0. The highest BCUT2D eigenvalue weighted by Crippen LogP contribution is 2.25. The Kier molecular flexibility index (Phi) is 5.34. The van der Waals surface area contributed by atoms with Gasteiger partial charge in [-0.1, -0.05) is 23.2 Å². The highest BCUT2D eigenvalue weighted by Gasteiger charge is 2.19. The smallest absolute Gasteiger partial charge is 0.255 e. The van der Waals surface area contributed by atoms with Gasteiger partial charge in [0.15, 0.2) is 9.84 Å². The molecule has 0 saturated heterocycles. The van der Waals surface area contributed by atoms with Gasteiger partial charge in [-0.05, 0) is 56.3 Å². The Labute approximate surface area is 145 Å². The Morgan fingerprint density at radius 3 is 2.13 bits per heavy atom. The average Bonchev–Trinajstić information content (AvgIpc) is 2.51. The van der Waals surface area contributed by atoms with Gasteiger partial charge in [-0.3, -0.25) is 4.79 Å². The van der Waals surface area contributed by atoms with Crippen LogP contribution in [-0.2, 0) is 9.84 Å². The second kappa shape index (κ2) is 6.91. The molecule has 1 N–H and O–H groups in total. The molecule has 0 aliphatic rings. The van der Waals surface area contributed by atoms with Gasteiger partial charge >= 0.3 is 0 Å². The fourth-order valence-electron chi connectivity index (χ4n) is 1.85. The fourth-order valence-corrected chi connectivity index (χ4v) is 3.20.